The Morgan fingerprint density at radius 3 is 2.90 bits per heavy atom. The minimum atomic E-state index is -0.514. The number of aryl methyl sites for hydroxylation is 1. The maximum Gasteiger partial charge on any atom is 0.251 e. The van der Waals surface area contributed by atoms with Gasteiger partial charge in [-0.25, -0.2) is 4.98 Å². The van der Waals surface area contributed by atoms with Crippen LogP contribution < -0.4 is 16.4 Å². The number of thiazole rings is 1. The van der Waals surface area contributed by atoms with Crippen molar-refractivity contribution in [2.75, 3.05) is 25.4 Å². The van der Waals surface area contributed by atoms with Gasteiger partial charge in [0.25, 0.3) is 5.91 Å². The zero-order chi connectivity index (χ0) is 21.0. The molecule has 0 bridgehead atoms. The smallest absolute Gasteiger partial charge is 0.251 e. The number of amides is 2. The number of piperidine rings is 1. The van der Waals surface area contributed by atoms with E-state index in [1.807, 2.05) is 5.38 Å². The van der Waals surface area contributed by atoms with E-state index in [1.165, 1.54) is 11.3 Å². The van der Waals surface area contributed by atoms with Crippen LogP contribution >= 0.6 is 11.3 Å². The van der Waals surface area contributed by atoms with Crippen molar-refractivity contribution in [1.29, 1.82) is 0 Å². The third-order valence-corrected chi connectivity index (χ3v) is 6.79. The average Bonchev–Trinajstić information content (AvgIpc) is 3.35. The van der Waals surface area contributed by atoms with E-state index >= 15 is 0 Å². The van der Waals surface area contributed by atoms with Crippen LogP contribution in [0.2, 0.25) is 0 Å². The van der Waals surface area contributed by atoms with Crippen LogP contribution in [0.3, 0.4) is 0 Å². The maximum atomic E-state index is 13.2. The van der Waals surface area contributed by atoms with Crippen LogP contribution in [0.25, 0.3) is 0 Å². The summed E-state index contributed by atoms with van der Waals surface area (Å²) in [5, 5.41) is 8.80. The van der Waals surface area contributed by atoms with Crippen molar-refractivity contribution >= 4 is 28.3 Å². The number of pyridine rings is 1. The van der Waals surface area contributed by atoms with Crippen LogP contribution in [0, 0.1) is 0 Å². The molecule has 2 aliphatic heterocycles. The molecule has 2 aliphatic rings. The van der Waals surface area contributed by atoms with Gasteiger partial charge < -0.3 is 16.4 Å². The first-order chi connectivity index (χ1) is 14.6. The summed E-state index contributed by atoms with van der Waals surface area (Å²) in [7, 11) is 0. The fraction of sp³-hybridized carbons (Fsp3) is 0.524. The molecule has 4 heterocycles. The number of nitrogen functional groups attached to an aromatic ring is 1. The molecule has 2 fully saturated rings. The van der Waals surface area contributed by atoms with E-state index in [4.69, 9.17) is 5.73 Å². The van der Waals surface area contributed by atoms with Gasteiger partial charge in [-0.3, -0.25) is 19.5 Å². The van der Waals surface area contributed by atoms with Crippen LogP contribution in [0.5, 0.6) is 0 Å². The summed E-state index contributed by atoms with van der Waals surface area (Å²) in [5.74, 6) is -0.0269. The van der Waals surface area contributed by atoms with Crippen LogP contribution in [-0.2, 0) is 11.2 Å². The lowest BCUT2D eigenvalue weighted by atomic mass is 9.84. The normalized spacial score (nSPS) is 23.7. The van der Waals surface area contributed by atoms with Crippen LogP contribution in [0.1, 0.15) is 48.2 Å². The molecule has 9 heteroatoms. The minimum Gasteiger partial charge on any atom is -0.375 e. The van der Waals surface area contributed by atoms with E-state index in [0.717, 1.165) is 44.3 Å². The molecular weight excluding hydrogens is 400 g/mol. The number of aromatic nitrogens is 2. The third-order valence-electron chi connectivity index (χ3n) is 6.06. The van der Waals surface area contributed by atoms with Crippen molar-refractivity contribution in [3.8, 4) is 0 Å². The highest BCUT2D eigenvalue weighted by Gasteiger charge is 2.52. The molecule has 2 atom stereocenters. The van der Waals surface area contributed by atoms with Gasteiger partial charge in [0.15, 0.2) is 5.13 Å². The largest absolute Gasteiger partial charge is 0.375 e. The van der Waals surface area contributed by atoms with Crippen LogP contribution in [-0.4, -0.2) is 57.9 Å². The Bertz CT molecular complexity index is 889. The van der Waals surface area contributed by atoms with Crippen molar-refractivity contribution in [2.45, 2.75) is 50.1 Å². The molecule has 2 amide bonds. The number of nitrogens with one attached hydrogen (secondary N) is 2. The third kappa shape index (κ3) is 4.46. The molecule has 0 saturated carbocycles. The Morgan fingerprint density at radius 2 is 2.13 bits per heavy atom. The Morgan fingerprint density at radius 1 is 1.30 bits per heavy atom. The molecule has 8 nitrogen and oxygen atoms in total. The summed E-state index contributed by atoms with van der Waals surface area (Å²) >= 11 is 1.44. The summed E-state index contributed by atoms with van der Waals surface area (Å²) in [4.78, 5) is 36.3. The number of nitrogens with zero attached hydrogens (tertiary/aromatic N) is 3. The number of hydrogen-bond acceptors (Lipinski definition) is 7. The summed E-state index contributed by atoms with van der Waals surface area (Å²) < 4.78 is 0. The SMILES string of the molecule is Nc1nc(CCCNC(=O)[C@@]23CCCCN2C[C@@H](NC(=O)c2ccncc2)C3)cs1. The van der Waals surface area contributed by atoms with Crippen molar-refractivity contribution < 1.29 is 9.59 Å². The van der Waals surface area contributed by atoms with Crippen molar-refractivity contribution in [3.05, 3.63) is 41.2 Å². The van der Waals surface area contributed by atoms with Crippen LogP contribution in [0.4, 0.5) is 5.13 Å². The summed E-state index contributed by atoms with van der Waals surface area (Å²) in [6.45, 7) is 2.22. The molecule has 0 aromatic carbocycles. The second-order valence-electron chi connectivity index (χ2n) is 8.08. The fourth-order valence-corrected chi connectivity index (χ4v) is 5.22. The maximum absolute atomic E-state index is 13.2. The van der Waals surface area contributed by atoms with Crippen molar-refractivity contribution in [2.24, 2.45) is 0 Å². The minimum absolute atomic E-state index is 0.0347. The Kier molecular flexibility index (Phi) is 6.29. The predicted molar refractivity (Wildman–Crippen MR) is 116 cm³/mol. The highest BCUT2D eigenvalue weighted by atomic mass is 32.1. The average molecular weight is 429 g/mol. The topological polar surface area (TPSA) is 113 Å². The van der Waals surface area contributed by atoms with Crippen LogP contribution in [0.15, 0.2) is 29.9 Å². The highest BCUT2D eigenvalue weighted by Crippen LogP contribution is 2.38. The molecule has 4 rings (SSSR count). The molecular formula is C21H28N6O2S. The van der Waals surface area contributed by atoms with Gasteiger partial charge in [0.05, 0.1) is 5.69 Å². The van der Waals surface area contributed by atoms with E-state index in [-0.39, 0.29) is 17.9 Å². The molecule has 160 valence electrons. The Balaban J connectivity index is 1.34. The van der Waals surface area contributed by atoms with E-state index in [0.29, 0.717) is 30.2 Å². The quantitative estimate of drug-likeness (QED) is 0.577. The molecule has 0 radical (unpaired) electrons. The zero-order valence-corrected chi connectivity index (χ0v) is 17.8. The van der Waals surface area contributed by atoms with Crippen molar-refractivity contribution in [3.63, 3.8) is 0 Å². The second-order valence-corrected chi connectivity index (χ2v) is 8.97. The molecule has 2 aromatic heterocycles. The first-order valence-electron chi connectivity index (χ1n) is 10.5. The lowest BCUT2D eigenvalue weighted by Crippen LogP contribution is -2.57. The number of rotatable bonds is 7. The molecule has 4 N–H and O–H groups in total. The first kappa shape index (κ1) is 20.7. The monoisotopic (exact) mass is 428 g/mol. The van der Waals surface area contributed by atoms with Gasteiger partial charge in [-0.2, -0.15) is 0 Å². The lowest BCUT2D eigenvalue weighted by Gasteiger charge is -2.40. The van der Waals surface area contributed by atoms with Gasteiger partial charge in [0, 0.05) is 42.5 Å². The Labute approximate surface area is 180 Å². The number of hydrogen-bond donors (Lipinski definition) is 3. The molecule has 30 heavy (non-hydrogen) atoms. The number of fused-ring (bicyclic) bond motifs is 1. The van der Waals surface area contributed by atoms with Gasteiger partial charge in [-0.15, -0.1) is 11.3 Å². The van der Waals surface area contributed by atoms with Crippen molar-refractivity contribution in [1.82, 2.24) is 25.5 Å². The number of carbonyl (C=O) groups is 2. The van der Waals surface area contributed by atoms with Gasteiger partial charge in [0.2, 0.25) is 5.91 Å². The molecule has 2 aromatic rings. The van der Waals surface area contributed by atoms with Gasteiger partial charge in [-0.05, 0) is 57.2 Å². The molecule has 0 aliphatic carbocycles. The van der Waals surface area contributed by atoms with Gasteiger partial charge in [0.1, 0.15) is 5.54 Å². The van der Waals surface area contributed by atoms with Gasteiger partial charge in [-0.1, -0.05) is 0 Å². The standard InChI is InChI=1S/C21H28N6O2S/c22-20-26-16(14-30-20)4-3-8-24-19(29)21-7-1-2-11-27(21)13-17(12-21)25-18(28)15-5-9-23-10-6-15/h5-6,9-10,14,17H,1-4,7-8,11-13H2,(H2,22,26)(H,24,29)(H,25,28)/t17-,21-/m0/s1. The Hall–Kier alpha value is -2.52. The van der Waals surface area contributed by atoms with E-state index < -0.39 is 5.54 Å². The fourth-order valence-electron chi connectivity index (χ4n) is 4.62. The second kappa shape index (κ2) is 9.09. The zero-order valence-electron chi connectivity index (χ0n) is 17.0. The molecule has 0 unspecified atom stereocenters. The van der Waals surface area contributed by atoms with E-state index in [9.17, 15) is 9.59 Å². The van der Waals surface area contributed by atoms with Gasteiger partial charge >= 0.3 is 0 Å². The van der Waals surface area contributed by atoms with E-state index in [1.54, 1.807) is 24.5 Å². The molecule has 2 saturated heterocycles. The summed E-state index contributed by atoms with van der Waals surface area (Å²) in [6, 6.07) is 3.37. The number of carbonyl (C=O) groups excluding carboxylic acids is 2. The number of anilines is 1. The predicted octanol–water partition coefficient (Wildman–Crippen LogP) is 1.60. The lowest BCUT2D eigenvalue weighted by molar-refractivity contribution is -0.133. The number of nitrogens with two attached hydrogens (primary N) is 1. The van der Waals surface area contributed by atoms with E-state index in [2.05, 4.69) is 25.5 Å². The highest BCUT2D eigenvalue weighted by molar-refractivity contribution is 7.13. The summed E-state index contributed by atoms with van der Waals surface area (Å²) in [5.41, 5.74) is 6.72. The summed E-state index contributed by atoms with van der Waals surface area (Å²) in [6.07, 6.45) is 8.46. The molecule has 0 spiro atoms. The first-order valence-corrected chi connectivity index (χ1v) is 11.4.